The van der Waals surface area contributed by atoms with Gasteiger partial charge < -0.3 is 20.7 Å². The fraction of sp³-hybridized carbons (Fsp3) is 0.278. The van der Waals surface area contributed by atoms with Gasteiger partial charge in [-0.2, -0.15) is 0 Å². The molecule has 138 valence electrons. The van der Waals surface area contributed by atoms with Gasteiger partial charge in [-0.05, 0) is 35.8 Å². The predicted octanol–water partition coefficient (Wildman–Crippen LogP) is 3.87. The molecule has 0 atom stereocenters. The van der Waals surface area contributed by atoms with Crippen molar-refractivity contribution in [2.24, 2.45) is 5.41 Å². The van der Waals surface area contributed by atoms with Crippen molar-refractivity contribution < 1.29 is 14.3 Å². The number of carbonyl (C=O) groups is 2. The number of thiocarbonyl (C=S) groups is 1. The number of hydrogen-bond acceptors (Lipinski definition) is 5. The Balaban J connectivity index is 2.07. The summed E-state index contributed by atoms with van der Waals surface area (Å²) < 4.78 is 5.34. The van der Waals surface area contributed by atoms with Gasteiger partial charge in [0.05, 0.1) is 17.7 Å². The normalized spacial score (nSPS) is 10.8. The van der Waals surface area contributed by atoms with Crippen LogP contribution in [0.25, 0.3) is 0 Å². The molecule has 3 N–H and O–H groups in total. The molecule has 2 aromatic rings. The average Bonchev–Trinajstić information content (AvgIpc) is 3.09. The van der Waals surface area contributed by atoms with Gasteiger partial charge in [0.25, 0.3) is 5.91 Å². The van der Waals surface area contributed by atoms with Crippen molar-refractivity contribution in [1.82, 2.24) is 5.32 Å². The maximum atomic E-state index is 12.2. The van der Waals surface area contributed by atoms with E-state index in [0.29, 0.717) is 22.0 Å². The second-order valence-corrected chi connectivity index (χ2v) is 7.86. The van der Waals surface area contributed by atoms with E-state index in [2.05, 4.69) is 16.0 Å². The van der Waals surface area contributed by atoms with Crippen molar-refractivity contribution in [3.63, 3.8) is 0 Å². The van der Waals surface area contributed by atoms with Crippen LogP contribution in [0.3, 0.4) is 0 Å². The van der Waals surface area contributed by atoms with Crippen LogP contribution in [0.1, 0.15) is 30.4 Å². The highest BCUT2D eigenvalue weighted by Gasteiger charge is 2.22. The summed E-state index contributed by atoms with van der Waals surface area (Å²) in [5.41, 5.74) is 0.635. The topological polar surface area (TPSA) is 79.5 Å². The molecule has 0 spiro atoms. The summed E-state index contributed by atoms with van der Waals surface area (Å²) in [5, 5.41) is 10.4. The Morgan fingerprint density at radius 1 is 1.15 bits per heavy atom. The number of rotatable bonds is 4. The molecular weight excluding hydrogens is 370 g/mol. The molecule has 0 unspecified atom stereocenters. The molecule has 0 aliphatic rings. The molecule has 0 saturated carbocycles. The molecule has 8 heteroatoms. The van der Waals surface area contributed by atoms with Crippen molar-refractivity contribution in [3.8, 4) is 5.75 Å². The molecule has 0 aliphatic carbocycles. The maximum Gasteiger partial charge on any atom is 0.265 e. The molecule has 2 amide bonds. The lowest BCUT2D eigenvalue weighted by Crippen LogP contribution is -2.41. The zero-order valence-corrected chi connectivity index (χ0v) is 16.6. The molecule has 2 rings (SSSR count). The second-order valence-electron chi connectivity index (χ2n) is 6.50. The quantitative estimate of drug-likeness (QED) is 0.690. The lowest BCUT2D eigenvalue weighted by atomic mass is 9.96. The minimum Gasteiger partial charge on any atom is -0.494 e. The van der Waals surface area contributed by atoms with E-state index in [-0.39, 0.29) is 16.9 Å². The standard InChI is InChI=1S/C18H21N3O3S2/c1-18(2,3)16(23)21-17(25)19-11-7-8-12(13(10-11)24-4)20-15(22)14-6-5-9-26-14/h5-10H,1-4H3,(H,20,22)(H2,19,21,23,25). The molecule has 0 aliphatic heterocycles. The van der Waals surface area contributed by atoms with E-state index in [9.17, 15) is 9.59 Å². The summed E-state index contributed by atoms with van der Waals surface area (Å²) in [5.74, 6) is 0.0959. The summed E-state index contributed by atoms with van der Waals surface area (Å²) in [6, 6.07) is 8.71. The molecule has 0 saturated heterocycles. The van der Waals surface area contributed by atoms with Gasteiger partial charge in [-0.1, -0.05) is 26.8 Å². The molecule has 26 heavy (non-hydrogen) atoms. The summed E-state index contributed by atoms with van der Waals surface area (Å²) in [4.78, 5) is 24.8. The van der Waals surface area contributed by atoms with E-state index in [1.54, 1.807) is 45.0 Å². The first-order valence-electron chi connectivity index (χ1n) is 7.86. The Hall–Kier alpha value is -2.45. The average molecular weight is 392 g/mol. The first kappa shape index (κ1) is 19.9. The number of hydrogen-bond donors (Lipinski definition) is 3. The Morgan fingerprint density at radius 3 is 2.46 bits per heavy atom. The van der Waals surface area contributed by atoms with Gasteiger partial charge >= 0.3 is 0 Å². The molecule has 0 fully saturated rings. The van der Waals surface area contributed by atoms with E-state index in [1.807, 2.05) is 11.4 Å². The third-order valence-electron chi connectivity index (χ3n) is 3.36. The van der Waals surface area contributed by atoms with Crippen LogP contribution in [0, 0.1) is 5.41 Å². The number of carbonyl (C=O) groups excluding carboxylic acids is 2. The molecule has 0 radical (unpaired) electrons. The number of anilines is 2. The monoisotopic (exact) mass is 391 g/mol. The lowest BCUT2D eigenvalue weighted by molar-refractivity contribution is -0.126. The zero-order chi connectivity index (χ0) is 19.3. The molecule has 1 aromatic heterocycles. The smallest absolute Gasteiger partial charge is 0.265 e. The van der Waals surface area contributed by atoms with Crippen LogP contribution in [0.15, 0.2) is 35.7 Å². The summed E-state index contributed by atoms with van der Waals surface area (Å²) in [6.07, 6.45) is 0. The Labute approximate surface area is 161 Å². The van der Waals surface area contributed by atoms with Crippen LogP contribution in [0.2, 0.25) is 0 Å². The van der Waals surface area contributed by atoms with Crippen LogP contribution in [0.4, 0.5) is 11.4 Å². The van der Waals surface area contributed by atoms with Gasteiger partial charge in [0, 0.05) is 17.2 Å². The number of nitrogens with one attached hydrogen (secondary N) is 3. The largest absolute Gasteiger partial charge is 0.494 e. The minimum atomic E-state index is -0.542. The minimum absolute atomic E-state index is 0.179. The Morgan fingerprint density at radius 2 is 1.88 bits per heavy atom. The molecule has 0 bridgehead atoms. The van der Waals surface area contributed by atoms with Gasteiger partial charge in [-0.15, -0.1) is 11.3 Å². The lowest BCUT2D eigenvalue weighted by Gasteiger charge is -2.19. The van der Waals surface area contributed by atoms with Crippen molar-refractivity contribution in [3.05, 3.63) is 40.6 Å². The van der Waals surface area contributed by atoms with Crippen molar-refractivity contribution in [2.45, 2.75) is 20.8 Å². The van der Waals surface area contributed by atoms with Crippen molar-refractivity contribution >= 4 is 51.9 Å². The van der Waals surface area contributed by atoms with E-state index in [0.717, 1.165) is 0 Å². The van der Waals surface area contributed by atoms with Crippen LogP contribution in [0.5, 0.6) is 5.75 Å². The summed E-state index contributed by atoms with van der Waals surface area (Å²) in [6.45, 7) is 5.41. The summed E-state index contributed by atoms with van der Waals surface area (Å²) >= 11 is 6.53. The van der Waals surface area contributed by atoms with Gasteiger partial charge in [0.2, 0.25) is 5.91 Å². The molecule has 1 heterocycles. The molecule has 1 aromatic carbocycles. The van der Waals surface area contributed by atoms with Gasteiger partial charge in [-0.25, -0.2) is 0 Å². The molecule has 6 nitrogen and oxygen atoms in total. The SMILES string of the molecule is COc1cc(NC(=S)NC(=O)C(C)(C)C)ccc1NC(=O)c1cccs1. The molecular formula is C18H21N3O3S2. The number of thiophene rings is 1. The Kier molecular flexibility index (Phi) is 6.33. The number of ether oxygens (including phenoxy) is 1. The predicted molar refractivity (Wildman–Crippen MR) is 109 cm³/mol. The second kappa shape index (κ2) is 8.29. The van der Waals surface area contributed by atoms with E-state index in [4.69, 9.17) is 17.0 Å². The van der Waals surface area contributed by atoms with Gasteiger partial charge in [0.1, 0.15) is 5.75 Å². The highest BCUT2D eigenvalue weighted by atomic mass is 32.1. The van der Waals surface area contributed by atoms with E-state index < -0.39 is 5.41 Å². The fourth-order valence-corrected chi connectivity index (χ4v) is 2.75. The Bertz CT molecular complexity index is 812. The maximum absolute atomic E-state index is 12.2. The van der Waals surface area contributed by atoms with Crippen LogP contribution < -0.4 is 20.7 Å². The fourth-order valence-electron chi connectivity index (χ4n) is 1.92. The van der Waals surface area contributed by atoms with Gasteiger partial charge in [0.15, 0.2) is 5.11 Å². The first-order chi connectivity index (χ1) is 12.2. The van der Waals surface area contributed by atoms with Crippen LogP contribution in [-0.4, -0.2) is 24.0 Å². The van der Waals surface area contributed by atoms with Gasteiger partial charge in [-0.3, -0.25) is 9.59 Å². The number of benzene rings is 1. The summed E-state index contributed by atoms with van der Waals surface area (Å²) in [7, 11) is 1.51. The van der Waals surface area contributed by atoms with Crippen molar-refractivity contribution in [1.29, 1.82) is 0 Å². The third-order valence-corrected chi connectivity index (χ3v) is 4.43. The van der Waals surface area contributed by atoms with Crippen LogP contribution >= 0.6 is 23.6 Å². The number of methoxy groups -OCH3 is 1. The number of amides is 2. The highest BCUT2D eigenvalue weighted by molar-refractivity contribution is 7.80. The third kappa shape index (κ3) is 5.27. The van der Waals surface area contributed by atoms with Crippen LogP contribution in [-0.2, 0) is 4.79 Å². The highest BCUT2D eigenvalue weighted by Crippen LogP contribution is 2.29. The van der Waals surface area contributed by atoms with Crippen molar-refractivity contribution in [2.75, 3.05) is 17.7 Å². The zero-order valence-electron chi connectivity index (χ0n) is 15.0. The first-order valence-corrected chi connectivity index (χ1v) is 9.15. The van der Waals surface area contributed by atoms with E-state index in [1.165, 1.54) is 18.4 Å². The van der Waals surface area contributed by atoms with E-state index >= 15 is 0 Å².